The number of aryl methyl sites for hydroxylation is 1. The maximum absolute atomic E-state index is 12.1. The van der Waals surface area contributed by atoms with Crippen molar-refractivity contribution in [2.75, 3.05) is 4.72 Å². The first-order chi connectivity index (χ1) is 9.83. The number of halogens is 2. The van der Waals surface area contributed by atoms with E-state index in [0.717, 1.165) is 6.42 Å². The molecular weight excluding hydrogens is 337 g/mol. The van der Waals surface area contributed by atoms with Crippen LogP contribution in [0.3, 0.4) is 0 Å². The summed E-state index contributed by atoms with van der Waals surface area (Å²) >= 11 is 12.0. The number of hydrogen-bond acceptors (Lipinski definition) is 5. The molecular formula is C11H13Cl2N5O2S. The number of aromatic nitrogens is 4. The Bertz CT molecular complexity index is 737. The molecule has 0 saturated heterocycles. The van der Waals surface area contributed by atoms with Gasteiger partial charge in [0.2, 0.25) is 5.95 Å². The second-order valence-corrected chi connectivity index (χ2v) is 6.71. The number of sulfonamides is 1. The summed E-state index contributed by atoms with van der Waals surface area (Å²) in [5.41, 5.74) is 0.602. The van der Waals surface area contributed by atoms with Crippen molar-refractivity contribution in [1.82, 2.24) is 19.7 Å². The van der Waals surface area contributed by atoms with Crippen LogP contribution in [0.25, 0.3) is 0 Å². The van der Waals surface area contributed by atoms with E-state index in [-0.39, 0.29) is 21.2 Å². The second-order valence-electron chi connectivity index (χ2n) is 4.31. The SMILES string of the molecule is CCCc1c(Cl)nc(NS(=O)(=O)c2cnn(C)c2)nc1Cl. The van der Waals surface area contributed by atoms with Gasteiger partial charge in [0.1, 0.15) is 15.2 Å². The van der Waals surface area contributed by atoms with Crippen molar-refractivity contribution in [3.63, 3.8) is 0 Å². The van der Waals surface area contributed by atoms with Crippen LogP contribution < -0.4 is 4.72 Å². The number of nitrogens with one attached hydrogen (secondary N) is 1. The Morgan fingerprint density at radius 3 is 2.38 bits per heavy atom. The van der Waals surface area contributed by atoms with Crippen LogP contribution >= 0.6 is 23.2 Å². The van der Waals surface area contributed by atoms with E-state index in [1.807, 2.05) is 6.92 Å². The van der Waals surface area contributed by atoms with Gasteiger partial charge in [0.15, 0.2) is 0 Å². The van der Waals surface area contributed by atoms with E-state index < -0.39 is 10.0 Å². The number of anilines is 1. The Hall–Kier alpha value is -1.38. The van der Waals surface area contributed by atoms with Crippen LogP contribution in [-0.2, 0) is 23.5 Å². The van der Waals surface area contributed by atoms with Gasteiger partial charge in [0.25, 0.3) is 10.0 Å². The standard InChI is InChI=1S/C11H13Cl2N5O2S/c1-3-4-8-9(12)15-11(16-10(8)13)17-21(19,20)7-5-14-18(2)6-7/h5-6H,3-4H2,1-2H3,(H,15,16,17). The molecule has 0 aliphatic heterocycles. The molecule has 7 nitrogen and oxygen atoms in total. The number of nitrogens with zero attached hydrogens (tertiary/aromatic N) is 4. The summed E-state index contributed by atoms with van der Waals surface area (Å²) in [6.45, 7) is 1.96. The molecule has 0 aliphatic rings. The third-order valence-corrected chi connectivity index (χ3v) is 4.53. The molecule has 1 N–H and O–H groups in total. The van der Waals surface area contributed by atoms with Crippen molar-refractivity contribution in [3.05, 3.63) is 28.3 Å². The Morgan fingerprint density at radius 1 is 1.29 bits per heavy atom. The molecule has 0 amide bonds. The monoisotopic (exact) mass is 349 g/mol. The Balaban J connectivity index is 2.32. The van der Waals surface area contributed by atoms with Crippen LogP contribution in [0.1, 0.15) is 18.9 Å². The third kappa shape index (κ3) is 3.63. The summed E-state index contributed by atoms with van der Waals surface area (Å²) in [7, 11) is -2.21. The minimum absolute atomic E-state index is 0.00141. The molecule has 0 radical (unpaired) electrons. The molecule has 0 fully saturated rings. The fourth-order valence-corrected chi connectivity index (χ4v) is 3.15. The molecule has 0 aromatic carbocycles. The molecule has 0 spiro atoms. The van der Waals surface area contributed by atoms with Gasteiger partial charge in [-0.05, 0) is 6.42 Å². The predicted molar refractivity (Wildman–Crippen MR) is 80.1 cm³/mol. The van der Waals surface area contributed by atoms with Crippen LogP contribution in [0.2, 0.25) is 10.3 Å². The summed E-state index contributed by atoms with van der Waals surface area (Å²) in [6, 6.07) is 0. The maximum atomic E-state index is 12.1. The average Bonchev–Trinajstić information content (AvgIpc) is 2.81. The summed E-state index contributed by atoms with van der Waals surface area (Å²) < 4.78 is 27.8. The molecule has 2 rings (SSSR count). The fraction of sp³-hybridized carbons (Fsp3) is 0.364. The van der Waals surface area contributed by atoms with Crippen molar-refractivity contribution in [2.45, 2.75) is 24.7 Å². The molecule has 114 valence electrons. The molecule has 0 aliphatic carbocycles. The van der Waals surface area contributed by atoms with E-state index in [0.29, 0.717) is 12.0 Å². The zero-order chi connectivity index (χ0) is 15.6. The maximum Gasteiger partial charge on any atom is 0.267 e. The van der Waals surface area contributed by atoms with Crippen LogP contribution in [0, 0.1) is 0 Å². The number of hydrogen-bond donors (Lipinski definition) is 1. The van der Waals surface area contributed by atoms with Crippen LogP contribution in [0.15, 0.2) is 17.3 Å². The van der Waals surface area contributed by atoms with Gasteiger partial charge in [0, 0.05) is 18.8 Å². The summed E-state index contributed by atoms with van der Waals surface area (Å²) in [5.74, 6) is -0.172. The quantitative estimate of drug-likeness (QED) is 0.836. The molecule has 0 unspecified atom stereocenters. The van der Waals surface area contributed by atoms with E-state index in [1.54, 1.807) is 7.05 Å². The van der Waals surface area contributed by atoms with Crippen LogP contribution in [0.5, 0.6) is 0 Å². The zero-order valence-corrected chi connectivity index (χ0v) is 13.7. The summed E-state index contributed by atoms with van der Waals surface area (Å²) in [6.07, 6.45) is 4.02. The van der Waals surface area contributed by atoms with Gasteiger partial charge < -0.3 is 0 Å². The Kier molecular flexibility index (Phi) is 4.70. The fourth-order valence-electron chi connectivity index (χ4n) is 1.65. The van der Waals surface area contributed by atoms with E-state index in [2.05, 4.69) is 19.8 Å². The third-order valence-electron chi connectivity index (χ3n) is 2.62. The first-order valence-corrected chi connectivity index (χ1v) is 8.30. The van der Waals surface area contributed by atoms with Crippen molar-refractivity contribution >= 4 is 39.2 Å². The lowest BCUT2D eigenvalue weighted by atomic mass is 10.2. The van der Waals surface area contributed by atoms with Gasteiger partial charge in [-0.1, -0.05) is 36.5 Å². The second kappa shape index (κ2) is 6.17. The van der Waals surface area contributed by atoms with E-state index in [1.165, 1.54) is 17.1 Å². The molecule has 10 heteroatoms. The summed E-state index contributed by atoms with van der Waals surface area (Å²) in [4.78, 5) is 7.84. The van der Waals surface area contributed by atoms with Crippen molar-refractivity contribution in [1.29, 1.82) is 0 Å². The van der Waals surface area contributed by atoms with E-state index in [9.17, 15) is 8.42 Å². The van der Waals surface area contributed by atoms with Crippen molar-refractivity contribution in [2.24, 2.45) is 7.05 Å². The lowest BCUT2D eigenvalue weighted by Crippen LogP contribution is -2.15. The highest BCUT2D eigenvalue weighted by Crippen LogP contribution is 2.25. The van der Waals surface area contributed by atoms with Gasteiger partial charge in [-0.25, -0.2) is 13.1 Å². The first kappa shape index (κ1) is 16.0. The molecule has 0 bridgehead atoms. The number of rotatable bonds is 5. The largest absolute Gasteiger partial charge is 0.274 e. The molecule has 2 aromatic heterocycles. The topological polar surface area (TPSA) is 89.8 Å². The molecule has 0 saturated carbocycles. The minimum atomic E-state index is -3.83. The highest BCUT2D eigenvalue weighted by molar-refractivity contribution is 7.92. The highest BCUT2D eigenvalue weighted by Gasteiger charge is 2.19. The minimum Gasteiger partial charge on any atom is -0.274 e. The van der Waals surface area contributed by atoms with Crippen molar-refractivity contribution in [3.8, 4) is 0 Å². The summed E-state index contributed by atoms with van der Waals surface area (Å²) in [5, 5.41) is 4.08. The lowest BCUT2D eigenvalue weighted by Gasteiger charge is -2.08. The molecule has 0 atom stereocenters. The zero-order valence-electron chi connectivity index (χ0n) is 11.3. The lowest BCUT2D eigenvalue weighted by molar-refractivity contribution is 0.600. The molecule has 21 heavy (non-hydrogen) atoms. The van der Waals surface area contributed by atoms with Gasteiger partial charge in [-0.3, -0.25) is 4.68 Å². The van der Waals surface area contributed by atoms with Gasteiger partial charge in [-0.15, -0.1) is 0 Å². The smallest absolute Gasteiger partial charge is 0.267 e. The van der Waals surface area contributed by atoms with Crippen LogP contribution in [-0.4, -0.2) is 28.2 Å². The average molecular weight is 350 g/mol. The van der Waals surface area contributed by atoms with Crippen LogP contribution in [0.4, 0.5) is 5.95 Å². The molecule has 2 heterocycles. The normalized spacial score (nSPS) is 11.6. The predicted octanol–water partition coefficient (Wildman–Crippen LogP) is 2.27. The highest BCUT2D eigenvalue weighted by atomic mass is 35.5. The van der Waals surface area contributed by atoms with E-state index >= 15 is 0 Å². The van der Waals surface area contributed by atoms with Gasteiger partial charge >= 0.3 is 0 Å². The molecule has 2 aromatic rings. The first-order valence-electron chi connectivity index (χ1n) is 6.07. The van der Waals surface area contributed by atoms with E-state index in [4.69, 9.17) is 23.2 Å². The Labute approximate surface area is 132 Å². The van der Waals surface area contributed by atoms with Gasteiger partial charge in [-0.2, -0.15) is 15.1 Å². The van der Waals surface area contributed by atoms with Gasteiger partial charge in [0.05, 0.1) is 6.20 Å². The van der Waals surface area contributed by atoms with Crippen molar-refractivity contribution < 1.29 is 8.42 Å². The Morgan fingerprint density at radius 2 is 1.90 bits per heavy atom.